The van der Waals surface area contributed by atoms with Crippen LogP contribution in [0.4, 0.5) is 4.79 Å². The molecule has 0 heterocycles. The zero-order valence-electron chi connectivity index (χ0n) is 20.2. The average Bonchev–Trinajstić information content (AvgIpc) is 2.75. The van der Waals surface area contributed by atoms with E-state index in [9.17, 15) is 9.59 Å². The van der Waals surface area contributed by atoms with Crippen molar-refractivity contribution in [3.63, 3.8) is 0 Å². The summed E-state index contributed by atoms with van der Waals surface area (Å²) in [5, 5.41) is 5.60. The summed E-state index contributed by atoms with van der Waals surface area (Å²) < 4.78 is 37.4. The minimum absolute atomic E-state index is 0.0590. The van der Waals surface area contributed by atoms with E-state index in [1.807, 2.05) is 20.8 Å². The lowest BCUT2D eigenvalue weighted by atomic mass is 10.2. The van der Waals surface area contributed by atoms with Gasteiger partial charge in [0, 0.05) is 13.1 Å². The van der Waals surface area contributed by atoms with E-state index >= 15 is 0 Å². The molecule has 0 spiro atoms. The summed E-state index contributed by atoms with van der Waals surface area (Å²) in [5.74, 6) is -0.0590. The predicted molar refractivity (Wildman–Crippen MR) is 126 cm³/mol. The Morgan fingerprint density at radius 3 is 1.27 bits per heavy atom. The van der Waals surface area contributed by atoms with Gasteiger partial charge in [-0.05, 0) is 20.8 Å². The van der Waals surface area contributed by atoms with Gasteiger partial charge in [-0.3, -0.25) is 4.79 Å². The zero-order chi connectivity index (χ0) is 24.6. The van der Waals surface area contributed by atoms with Crippen molar-refractivity contribution in [2.24, 2.45) is 0 Å². The van der Waals surface area contributed by atoms with E-state index in [0.29, 0.717) is 97.7 Å². The van der Waals surface area contributed by atoms with Crippen LogP contribution in [-0.4, -0.2) is 115 Å². The van der Waals surface area contributed by atoms with E-state index < -0.39 is 11.7 Å². The van der Waals surface area contributed by atoms with Crippen LogP contribution in [0, 0.1) is 0 Å². The Morgan fingerprint density at radius 1 is 0.606 bits per heavy atom. The van der Waals surface area contributed by atoms with Gasteiger partial charge in [-0.2, -0.15) is 0 Å². The van der Waals surface area contributed by atoms with Crippen molar-refractivity contribution in [3.8, 4) is 0 Å². The number of nitrogens with one attached hydrogen (secondary N) is 2. The molecule has 0 radical (unpaired) electrons. The lowest BCUT2D eigenvalue weighted by Gasteiger charge is -2.19. The second kappa shape index (κ2) is 22.8. The number of carbonyl (C=O) groups excluding carboxylic acids is 2. The van der Waals surface area contributed by atoms with E-state index in [0.717, 1.165) is 0 Å². The maximum absolute atomic E-state index is 11.4. The summed E-state index contributed by atoms with van der Waals surface area (Å²) in [6, 6.07) is 0. The van der Waals surface area contributed by atoms with Crippen molar-refractivity contribution in [1.29, 1.82) is 0 Å². The molecule has 0 aliphatic heterocycles. The summed E-state index contributed by atoms with van der Waals surface area (Å²) in [5.41, 5.74) is -0.507. The Labute approximate surface area is 205 Å². The molecule has 0 unspecified atom stereocenters. The Bertz CT molecular complexity index is 479. The molecule has 0 aliphatic carbocycles. The summed E-state index contributed by atoms with van der Waals surface area (Å²) in [4.78, 5) is 22.4. The highest BCUT2D eigenvalue weighted by Crippen LogP contribution is 2.06. The first-order valence-electron chi connectivity index (χ1n) is 11.1. The van der Waals surface area contributed by atoms with Gasteiger partial charge in [-0.25, -0.2) is 4.79 Å². The summed E-state index contributed by atoms with van der Waals surface area (Å²) in [6.45, 7) is 11.9. The number of alkyl halides is 1. The van der Waals surface area contributed by atoms with Crippen LogP contribution in [0.25, 0.3) is 0 Å². The molecule has 0 rings (SSSR count). The minimum atomic E-state index is -0.507. The number of amides is 2. The van der Waals surface area contributed by atoms with Gasteiger partial charge in [0.2, 0.25) is 5.91 Å². The molecule has 0 saturated heterocycles. The molecule has 0 saturated carbocycles. The fourth-order valence-corrected chi connectivity index (χ4v) is 2.25. The maximum Gasteiger partial charge on any atom is 0.407 e. The van der Waals surface area contributed by atoms with E-state index in [1.165, 1.54) is 0 Å². The van der Waals surface area contributed by atoms with Crippen molar-refractivity contribution in [2.75, 3.05) is 97.7 Å². The van der Waals surface area contributed by atoms with Crippen LogP contribution in [0.15, 0.2) is 0 Å². The van der Waals surface area contributed by atoms with Crippen LogP contribution in [0.5, 0.6) is 0 Å². The van der Waals surface area contributed by atoms with Crippen LogP contribution < -0.4 is 10.6 Å². The summed E-state index contributed by atoms with van der Waals surface area (Å²) >= 11 is 3.07. The quantitative estimate of drug-likeness (QED) is 0.152. The third kappa shape index (κ3) is 27.1. The second-order valence-electron chi connectivity index (χ2n) is 7.59. The Hall–Kier alpha value is -1.02. The number of carbonyl (C=O) groups is 2. The van der Waals surface area contributed by atoms with Gasteiger partial charge in [0.05, 0.1) is 84.6 Å². The molecule has 0 aromatic heterocycles. The summed E-state index contributed by atoms with van der Waals surface area (Å²) in [7, 11) is 0. The van der Waals surface area contributed by atoms with Crippen LogP contribution in [0.3, 0.4) is 0 Å². The first kappa shape index (κ1) is 32.0. The largest absolute Gasteiger partial charge is 0.444 e. The molecule has 12 heteroatoms. The fraction of sp³-hybridized carbons (Fsp3) is 0.905. The Balaban J connectivity index is 3.13. The van der Waals surface area contributed by atoms with E-state index in [2.05, 4.69) is 26.6 Å². The maximum atomic E-state index is 11.4. The van der Waals surface area contributed by atoms with Crippen molar-refractivity contribution < 1.29 is 42.7 Å². The van der Waals surface area contributed by atoms with Gasteiger partial charge >= 0.3 is 6.09 Å². The highest BCUT2D eigenvalue weighted by atomic mass is 79.9. The molecular formula is C21H41BrN2O9. The number of rotatable bonds is 22. The van der Waals surface area contributed by atoms with Crippen molar-refractivity contribution in [1.82, 2.24) is 10.6 Å². The zero-order valence-corrected chi connectivity index (χ0v) is 21.7. The van der Waals surface area contributed by atoms with Crippen molar-refractivity contribution in [3.05, 3.63) is 0 Å². The highest BCUT2D eigenvalue weighted by molar-refractivity contribution is 9.09. The average molecular weight is 545 g/mol. The SMILES string of the molecule is CC(C)(C)OC(=O)NCCOCCOCCOCCOCCOCCOCCNC(=O)CBr. The smallest absolute Gasteiger partial charge is 0.407 e. The second-order valence-corrected chi connectivity index (χ2v) is 8.15. The lowest BCUT2D eigenvalue weighted by molar-refractivity contribution is -0.118. The molecular weight excluding hydrogens is 504 g/mol. The van der Waals surface area contributed by atoms with Crippen molar-refractivity contribution in [2.45, 2.75) is 26.4 Å². The molecule has 0 aliphatic rings. The highest BCUT2D eigenvalue weighted by Gasteiger charge is 2.15. The summed E-state index contributed by atoms with van der Waals surface area (Å²) in [6.07, 6.45) is -0.452. The van der Waals surface area contributed by atoms with Crippen LogP contribution in [0.2, 0.25) is 0 Å². The number of halogens is 1. The molecule has 196 valence electrons. The van der Waals surface area contributed by atoms with Gasteiger partial charge in [0.25, 0.3) is 0 Å². The third-order valence-corrected chi connectivity index (χ3v) is 3.97. The molecule has 0 aromatic rings. The van der Waals surface area contributed by atoms with Gasteiger partial charge < -0.3 is 43.8 Å². The molecule has 0 bridgehead atoms. The first-order valence-corrected chi connectivity index (χ1v) is 12.2. The molecule has 2 N–H and O–H groups in total. The molecule has 11 nitrogen and oxygen atoms in total. The third-order valence-electron chi connectivity index (χ3n) is 3.46. The predicted octanol–water partition coefficient (Wildman–Crippen LogP) is 1.12. The standard InChI is InChI=1S/C21H41BrN2O9/c1-21(2,3)33-20(26)24-5-7-28-9-11-30-13-15-32-17-16-31-14-12-29-10-8-27-6-4-23-19(25)18-22/h4-18H2,1-3H3,(H,23,25)(H,24,26). The van der Waals surface area contributed by atoms with E-state index in [-0.39, 0.29) is 5.91 Å². The van der Waals surface area contributed by atoms with E-state index in [1.54, 1.807) is 0 Å². The molecule has 33 heavy (non-hydrogen) atoms. The minimum Gasteiger partial charge on any atom is -0.444 e. The number of ether oxygens (including phenoxy) is 7. The van der Waals surface area contributed by atoms with Crippen LogP contribution in [0.1, 0.15) is 20.8 Å². The Morgan fingerprint density at radius 2 is 0.939 bits per heavy atom. The molecule has 0 fully saturated rings. The Kier molecular flexibility index (Phi) is 22.1. The molecule has 0 atom stereocenters. The normalized spacial score (nSPS) is 11.4. The fourth-order valence-electron chi connectivity index (χ4n) is 2.05. The van der Waals surface area contributed by atoms with Crippen LogP contribution in [-0.2, 0) is 38.0 Å². The molecule has 0 aromatic carbocycles. The van der Waals surface area contributed by atoms with Gasteiger partial charge in [0.15, 0.2) is 0 Å². The number of hydrogen-bond acceptors (Lipinski definition) is 9. The van der Waals surface area contributed by atoms with Gasteiger partial charge in [-0.1, -0.05) is 15.9 Å². The number of alkyl carbamates (subject to hydrolysis) is 1. The lowest BCUT2D eigenvalue weighted by Crippen LogP contribution is -2.34. The van der Waals surface area contributed by atoms with Gasteiger partial charge in [0.1, 0.15) is 5.60 Å². The monoisotopic (exact) mass is 544 g/mol. The van der Waals surface area contributed by atoms with E-state index in [4.69, 9.17) is 33.2 Å². The van der Waals surface area contributed by atoms with Crippen LogP contribution >= 0.6 is 15.9 Å². The van der Waals surface area contributed by atoms with Crippen molar-refractivity contribution >= 4 is 27.9 Å². The number of hydrogen-bond donors (Lipinski definition) is 2. The topological polar surface area (TPSA) is 123 Å². The van der Waals surface area contributed by atoms with Gasteiger partial charge in [-0.15, -0.1) is 0 Å². The molecule has 2 amide bonds. The first-order chi connectivity index (χ1) is 15.8.